The first-order chi connectivity index (χ1) is 17.8. The van der Waals surface area contributed by atoms with Crippen molar-refractivity contribution >= 4 is 11.8 Å². The van der Waals surface area contributed by atoms with E-state index >= 15 is 0 Å². The van der Waals surface area contributed by atoms with Crippen LogP contribution in [0.4, 0.5) is 0 Å². The van der Waals surface area contributed by atoms with E-state index < -0.39 is 43.3 Å². The molecular formula is C26H33NO9S. The van der Waals surface area contributed by atoms with Gasteiger partial charge in [-0.2, -0.15) is 0 Å². The number of hydrogen-bond donors (Lipinski definition) is 5. The van der Waals surface area contributed by atoms with Gasteiger partial charge < -0.3 is 39.4 Å². The Bertz CT molecular complexity index is 1190. The van der Waals surface area contributed by atoms with E-state index in [1.807, 2.05) is 18.4 Å². The lowest BCUT2D eigenvalue weighted by Gasteiger charge is -2.41. The topological polar surface area (TPSA) is 147 Å². The molecule has 4 rings (SSSR count). The zero-order valence-corrected chi connectivity index (χ0v) is 21.9. The van der Waals surface area contributed by atoms with Gasteiger partial charge in [-0.3, -0.25) is 10.1 Å². The number of fused-ring (bicyclic) bond motifs is 3. The minimum Gasteiger partial charge on any atom is -0.493 e. The summed E-state index contributed by atoms with van der Waals surface area (Å²) in [5, 5.41) is 44.0. The quantitative estimate of drug-likeness (QED) is 0.321. The molecule has 0 radical (unpaired) electrons. The Balaban J connectivity index is 1.89. The average Bonchev–Trinajstić information content (AvgIpc) is 3.15. The first-order valence-electron chi connectivity index (χ1n) is 11.9. The van der Waals surface area contributed by atoms with Crippen LogP contribution >= 0.6 is 11.8 Å². The molecule has 0 saturated carbocycles. The molecule has 37 heavy (non-hydrogen) atoms. The van der Waals surface area contributed by atoms with Crippen molar-refractivity contribution in [2.75, 3.05) is 34.2 Å². The molecule has 0 bridgehead atoms. The molecule has 1 heterocycles. The molecule has 1 fully saturated rings. The lowest BCUT2D eigenvalue weighted by molar-refractivity contribution is -0.238. The van der Waals surface area contributed by atoms with Gasteiger partial charge in [0.1, 0.15) is 30.6 Å². The molecule has 10 nitrogen and oxygen atoms in total. The molecule has 2 aliphatic rings. The van der Waals surface area contributed by atoms with Crippen LogP contribution in [0.15, 0.2) is 34.0 Å². The van der Waals surface area contributed by atoms with Gasteiger partial charge in [0, 0.05) is 11.6 Å². The summed E-state index contributed by atoms with van der Waals surface area (Å²) in [5.41, 5.74) is 2.88. The van der Waals surface area contributed by atoms with Gasteiger partial charge in [0.05, 0.1) is 32.8 Å². The second-order valence-corrected chi connectivity index (χ2v) is 9.81. The number of benzene rings is 1. The van der Waals surface area contributed by atoms with Gasteiger partial charge in [0.2, 0.25) is 5.75 Å². The van der Waals surface area contributed by atoms with Crippen LogP contribution in [0.5, 0.6) is 17.2 Å². The van der Waals surface area contributed by atoms with Gasteiger partial charge >= 0.3 is 0 Å². The molecule has 11 heteroatoms. The Morgan fingerprint density at radius 3 is 2.38 bits per heavy atom. The Labute approximate surface area is 219 Å². The largest absolute Gasteiger partial charge is 0.493 e. The highest BCUT2D eigenvalue weighted by Crippen LogP contribution is 2.50. The summed E-state index contributed by atoms with van der Waals surface area (Å²) in [5.74, 6) is 1.40. The van der Waals surface area contributed by atoms with Crippen LogP contribution in [0, 0.1) is 0 Å². The molecular weight excluding hydrogens is 502 g/mol. The first kappa shape index (κ1) is 27.6. The SMILES string of the molecule is COc1cc2c(c(OC)c1OC)-c1ccc(SC)c(=O)cc1[C@@H](N[C@@H]1O[C@@H](CO)[C@@H](O)[C@@H](O)[C@H]1O)CC2. The summed E-state index contributed by atoms with van der Waals surface area (Å²) < 4.78 is 22.7. The van der Waals surface area contributed by atoms with Crippen LogP contribution in [-0.4, -0.2) is 85.3 Å². The molecule has 0 aromatic heterocycles. The number of hydrogen-bond acceptors (Lipinski definition) is 11. The summed E-state index contributed by atoms with van der Waals surface area (Å²) >= 11 is 1.34. The third-order valence-corrected chi connectivity index (χ3v) is 7.76. The van der Waals surface area contributed by atoms with Gasteiger partial charge in [-0.25, -0.2) is 0 Å². The fraction of sp³-hybridized carbons (Fsp3) is 0.500. The third kappa shape index (κ3) is 5.05. The van der Waals surface area contributed by atoms with E-state index in [0.29, 0.717) is 40.5 Å². The van der Waals surface area contributed by atoms with E-state index in [1.54, 1.807) is 26.4 Å². The molecule has 1 aliphatic heterocycles. The van der Waals surface area contributed by atoms with Crippen LogP contribution in [0.25, 0.3) is 11.1 Å². The van der Waals surface area contributed by atoms with E-state index in [0.717, 1.165) is 16.7 Å². The highest BCUT2D eigenvalue weighted by Gasteiger charge is 2.44. The highest BCUT2D eigenvalue weighted by molar-refractivity contribution is 7.98. The summed E-state index contributed by atoms with van der Waals surface area (Å²) in [6.07, 6.45) is -3.76. The van der Waals surface area contributed by atoms with E-state index in [-0.39, 0.29) is 5.43 Å². The normalized spacial score (nSPS) is 27.0. The van der Waals surface area contributed by atoms with E-state index in [2.05, 4.69) is 5.32 Å². The number of methoxy groups -OCH3 is 3. The lowest BCUT2D eigenvalue weighted by Crippen LogP contribution is -2.62. The van der Waals surface area contributed by atoms with Crippen LogP contribution in [0.3, 0.4) is 0 Å². The minimum absolute atomic E-state index is 0.169. The Hall–Kier alpha value is -2.38. The van der Waals surface area contributed by atoms with Crippen molar-refractivity contribution in [3.8, 4) is 28.4 Å². The summed E-state index contributed by atoms with van der Waals surface area (Å²) in [6, 6.07) is 6.58. The van der Waals surface area contributed by atoms with E-state index in [4.69, 9.17) is 18.9 Å². The second kappa shape index (κ2) is 11.6. The lowest BCUT2D eigenvalue weighted by atomic mass is 9.94. The molecule has 6 atom stereocenters. The molecule has 0 unspecified atom stereocenters. The Morgan fingerprint density at radius 2 is 1.76 bits per heavy atom. The maximum absolute atomic E-state index is 13.1. The molecule has 1 aliphatic carbocycles. The predicted octanol–water partition coefficient (Wildman–Crippen LogP) is 0.838. The van der Waals surface area contributed by atoms with Crippen LogP contribution in [-0.2, 0) is 11.2 Å². The second-order valence-electron chi connectivity index (χ2n) is 8.97. The van der Waals surface area contributed by atoms with Gasteiger partial charge in [-0.15, -0.1) is 11.8 Å². The predicted molar refractivity (Wildman–Crippen MR) is 138 cm³/mol. The summed E-state index contributed by atoms with van der Waals surface area (Å²) in [7, 11) is 4.62. The number of aryl methyl sites for hydroxylation is 1. The minimum atomic E-state index is -1.52. The van der Waals surface area contributed by atoms with Crippen molar-refractivity contribution in [2.24, 2.45) is 0 Å². The van der Waals surface area contributed by atoms with Crippen molar-refractivity contribution in [3.63, 3.8) is 0 Å². The van der Waals surface area contributed by atoms with Crippen LogP contribution in [0.1, 0.15) is 23.6 Å². The van der Waals surface area contributed by atoms with Crippen LogP contribution in [0.2, 0.25) is 0 Å². The number of rotatable bonds is 7. The van der Waals surface area contributed by atoms with Crippen molar-refractivity contribution in [3.05, 3.63) is 45.6 Å². The molecule has 2 aromatic rings. The molecule has 0 amide bonds. The van der Waals surface area contributed by atoms with Crippen molar-refractivity contribution in [2.45, 2.75) is 54.4 Å². The molecule has 202 valence electrons. The van der Waals surface area contributed by atoms with Gasteiger partial charge in [-0.05, 0) is 54.0 Å². The summed E-state index contributed by atoms with van der Waals surface area (Å²) in [4.78, 5) is 13.7. The standard InChI is InChI=1S/C26H33NO9S/c1-33-17-9-12-5-7-15(27-26-23(32)22(31)21(30)18(11-28)36-26)14-10-16(29)19(37-4)8-6-13(14)20(12)25(35-3)24(17)34-2/h6,8-10,15,18,21-23,26-28,30-32H,5,7,11H2,1-4H3/t15-,18-,21+,22+,23+,26+/m0/s1. The van der Waals surface area contributed by atoms with E-state index in [1.165, 1.54) is 18.9 Å². The smallest absolute Gasteiger partial charge is 0.203 e. The maximum Gasteiger partial charge on any atom is 0.203 e. The van der Waals surface area contributed by atoms with Gasteiger partial charge in [-0.1, -0.05) is 6.07 Å². The van der Waals surface area contributed by atoms with Crippen molar-refractivity contribution < 1.29 is 39.4 Å². The number of nitrogens with one attached hydrogen (secondary N) is 1. The average molecular weight is 536 g/mol. The van der Waals surface area contributed by atoms with E-state index in [9.17, 15) is 25.2 Å². The highest BCUT2D eigenvalue weighted by atomic mass is 32.2. The van der Waals surface area contributed by atoms with Gasteiger partial charge in [0.15, 0.2) is 16.9 Å². The Kier molecular flexibility index (Phi) is 8.64. The third-order valence-electron chi connectivity index (χ3n) is 6.98. The zero-order chi connectivity index (χ0) is 26.9. The molecule has 1 saturated heterocycles. The van der Waals surface area contributed by atoms with Gasteiger partial charge in [0.25, 0.3) is 0 Å². The molecule has 2 aromatic carbocycles. The first-order valence-corrected chi connectivity index (χ1v) is 13.1. The van der Waals surface area contributed by atoms with Crippen molar-refractivity contribution in [1.29, 1.82) is 0 Å². The number of ether oxygens (including phenoxy) is 4. The number of aliphatic hydroxyl groups is 4. The number of aliphatic hydroxyl groups excluding tert-OH is 4. The number of thioether (sulfide) groups is 1. The molecule has 5 N–H and O–H groups in total. The molecule has 0 spiro atoms. The fourth-order valence-corrected chi connectivity index (χ4v) is 5.54. The van der Waals surface area contributed by atoms with Crippen molar-refractivity contribution in [1.82, 2.24) is 5.32 Å². The van der Waals surface area contributed by atoms with Crippen LogP contribution < -0.4 is 25.0 Å². The summed E-state index contributed by atoms with van der Waals surface area (Å²) in [6.45, 7) is -0.538. The maximum atomic E-state index is 13.1. The fourth-order valence-electron chi connectivity index (χ4n) is 5.08. The Morgan fingerprint density at radius 1 is 1.03 bits per heavy atom. The zero-order valence-electron chi connectivity index (χ0n) is 21.1. The monoisotopic (exact) mass is 535 g/mol.